The normalized spacial score (nSPS) is 28.5. The second-order valence-corrected chi connectivity index (χ2v) is 10.4. The van der Waals surface area contributed by atoms with Crippen molar-refractivity contribution in [2.75, 3.05) is 25.4 Å². The highest BCUT2D eigenvalue weighted by Gasteiger charge is 2.60. The molecule has 2 saturated carbocycles. The van der Waals surface area contributed by atoms with Crippen molar-refractivity contribution in [3.05, 3.63) is 47.7 Å². The van der Waals surface area contributed by atoms with E-state index >= 15 is 0 Å². The first-order valence-corrected chi connectivity index (χ1v) is 12.3. The summed E-state index contributed by atoms with van der Waals surface area (Å²) in [6, 6.07) is 9.82. The number of carbonyl (C=O) groups is 1. The molecule has 6 nitrogen and oxygen atoms in total. The maximum absolute atomic E-state index is 12.9. The van der Waals surface area contributed by atoms with Crippen LogP contribution in [0.1, 0.15) is 54.4 Å². The van der Waals surface area contributed by atoms with Gasteiger partial charge in [-0.25, -0.2) is 4.98 Å². The van der Waals surface area contributed by atoms with Crippen LogP contribution in [0.25, 0.3) is 11.1 Å². The first-order valence-electron chi connectivity index (χ1n) is 12.3. The molecule has 2 aliphatic carbocycles. The van der Waals surface area contributed by atoms with Crippen molar-refractivity contribution in [2.24, 2.45) is 5.92 Å². The third kappa shape index (κ3) is 5.16. The number of nitrogen functional groups attached to an aromatic ring is 1. The number of nitrogens with two attached hydrogens (primary N) is 1. The Morgan fingerprint density at radius 1 is 1.17 bits per heavy atom. The van der Waals surface area contributed by atoms with Crippen LogP contribution in [0.15, 0.2) is 36.5 Å². The van der Waals surface area contributed by atoms with Crippen molar-refractivity contribution in [3.8, 4) is 11.1 Å². The predicted molar refractivity (Wildman–Crippen MR) is 127 cm³/mol. The van der Waals surface area contributed by atoms with Gasteiger partial charge in [0, 0.05) is 42.9 Å². The van der Waals surface area contributed by atoms with E-state index in [4.69, 9.17) is 5.73 Å². The van der Waals surface area contributed by atoms with E-state index in [0.717, 1.165) is 42.5 Å². The topological polar surface area (TPSA) is 91.5 Å². The van der Waals surface area contributed by atoms with Gasteiger partial charge in [-0.3, -0.25) is 4.79 Å². The number of amides is 1. The maximum Gasteiger partial charge on any atom is 0.390 e. The number of aromatic nitrogens is 1. The number of halogens is 3. The Morgan fingerprint density at radius 3 is 2.57 bits per heavy atom. The van der Waals surface area contributed by atoms with Crippen LogP contribution in [-0.2, 0) is 5.41 Å². The van der Waals surface area contributed by atoms with Gasteiger partial charge in [0.05, 0.1) is 18.1 Å². The zero-order valence-corrected chi connectivity index (χ0v) is 19.5. The summed E-state index contributed by atoms with van der Waals surface area (Å²) in [5, 5.41) is 12.7. The molecule has 188 valence electrons. The summed E-state index contributed by atoms with van der Waals surface area (Å²) in [6.45, 7) is 1.44. The van der Waals surface area contributed by atoms with Gasteiger partial charge < -0.3 is 21.1 Å². The summed E-state index contributed by atoms with van der Waals surface area (Å²) in [5.74, 6) is 0.318. The molecular formula is C26H31F3N4O2. The number of nitrogens with zero attached hydrogens (tertiary/aromatic N) is 2. The summed E-state index contributed by atoms with van der Waals surface area (Å²) >= 11 is 0. The number of hydrogen-bond donors (Lipinski definition) is 3. The lowest BCUT2D eigenvalue weighted by atomic mass is 9.92. The highest BCUT2D eigenvalue weighted by atomic mass is 19.4. The molecule has 2 atom stereocenters. The van der Waals surface area contributed by atoms with Gasteiger partial charge in [-0.15, -0.1) is 0 Å². The van der Waals surface area contributed by atoms with E-state index in [2.05, 4.69) is 10.3 Å². The number of aliphatic hydroxyl groups is 1. The minimum absolute atomic E-state index is 0.0149. The number of aliphatic hydroxyl groups excluding tert-OH is 1. The zero-order chi connectivity index (χ0) is 24.8. The number of benzene rings is 1. The molecule has 4 N–H and O–H groups in total. The monoisotopic (exact) mass is 488 g/mol. The fourth-order valence-corrected chi connectivity index (χ4v) is 5.78. The van der Waals surface area contributed by atoms with Crippen LogP contribution >= 0.6 is 0 Å². The minimum atomic E-state index is -4.12. The molecule has 3 fully saturated rings. The lowest BCUT2D eigenvalue weighted by Crippen LogP contribution is -2.38. The summed E-state index contributed by atoms with van der Waals surface area (Å²) in [7, 11) is 0. The number of carbonyl (C=O) groups excluding carboxylic acids is 1. The van der Waals surface area contributed by atoms with E-state index in [1.54, 1.807) is 12.3 Å². The van der Waals surface area contributed by atoms with Crippen LogP contribution in [-0.4, -0.2) is 58.9 Å². The number of likely N-dealkylation sites (tertiary alicyclic amines) is 1. The molecule has 5 rings (SSSR count). The molecule has 1 aromatic carbocycles. The molecular weight excluding hydrogens is 457 g/mol. The molecule has 1 saturated heterocycles. The smallest absolute Gasteiger partial charge is 0.390 e. The van der Waals surface area contributed by atoms with E-state index < -0.39 is 12.6 Å². The van der Waals surface area contributed by atoms with Crippen LogP contribution in [0.3, 0.4) is 0 Å². The Morgan fingerprint density at radius 2 is 1.89 bits per heavy atom. The van der Waals surface area contributed by atoms with E-state index in [9.17, 15) is 23.1 Å². The number of fused-ring (bicyclic) bond motifs is 1. The average Bonchev–Trinajstić information content (AvgIpc) is 3.40. The second-order valence-electron chi connectivity index (χ2n) is 10.4. The van der Waals surface area contributed by atoms with Gasteiger partial charge >= 0.3 is 6.18 Å². The standard InChI is InChI=1S/C26H31F3N4O2/c27-26(28,29)9-10-33-14-19-12-25(19,15-33)18-3-1-16(2-4-18)17-11-22(23(30)31-13-17)24(35)32-20-5-7-21(34)8-6-20/h1-4,11,13,19-21,34H,5-10,12,14-15H2,(H2,30,31)(H,32,35)/t19-,20-,21-,25+/m0/s1. The van der Waals surface area contributed by atoms with Crippen molar-refractivity contribution in [1.82, 2.24) is 15.2 Å². The summed E-state index contributed by atoms with van der Waals surface area (Å²) in [5.41, 5.74) is 9.12. The average molecular weight is 489 g/mol. The molecule has 0 spiro atoms. The number of rotatable bonds is 6. The van der Waals surface area contributed by atoms with Crippen LogP contribution in [0.5, 0.6) is 0 Å². The number of pyridine rings is 1. The lowest BCUT2D eigenvalue weighted by Gasteiger charge is -2.26. The van der Waals surface area contributed by atoms with Crippen LogP contribution in [0, 0.1) is 5.92 Å². The van der Waals surface area contributed by atoms with Gasteiger partial charge in [-0.2, -0.15) is 13.2 Å². The Balaban J connectivity index is 1.26. The van der Waals surface area contributed by atoms with Crippen molar-refractivity contribution in [3.63, 3.8) is 0 Å². The van der Waals surface area contributed by atoms with Crippen LogP contribution < -0.4 is 11.1 Å². The van der Waals surface area contributed by atoms with Crippen molar-refractivity contribution in [2.45, 2.75) is 62.3 Å². The molecule has 0 radical (unpaired) electrons. The molecule has 3 aliphatic rings. The Bertz CT molecular complexity index is 1080. The molecule has 9 heteroatoms. The van der Waals surface area contributed by atoms with Gasteiger partial charge in [0.15, 0.2) is 0 Å². The van der Waals surface area contributed by atoms with E-state index in [-0.39, 0.29) is 35.8 Å². The molecule has 2 heterocycles. The van der Waals surface area contributed by atoms with Gasteiger partial charge in [0.1, 0.15) is 5.82 Å². The van der Waals surface area contributed by atoms with Gasteiger partial charge in [0.25, 0.3) is 5.91 Å². The van der Waals surface area contributed by atoms with Crippen LogP contribution in [0.4, 0.5) is 19.0 Å². The molecule has 35 heavy (non-hydrogen) atoms. The molecule has 2 aromatic rings. The maximum atomic E-state index is 12.9. The van der Waals surface area contributed by atoms with E-state index in [0.29, 0.717) is 30.9 Å². The summed E-state index contributed by atoms with van der Waals surface area (Å²) in [6.07, 6.45) is 0.294. The van der Waals surface area contributed by atoms with E-state index in [1.807, 2.05) is 29.2 Å². The quantitative estimate of drug-likeness (QED) is 0.574. The number of nitrogens with one attached hydrogen (secondary N) is 1. The largest absolute Gasteiger partial charge is 0.393 e. The minimum Gasteiger partial charge on any atom is -0.393 e. The summed E-state index contributed by atoms with van der Waals surface area (Å²) < 4.78 is 37.8. The van der Waals surface area contributed by atoms with Gasteiger partial charge in [0.2, 0.25) is 0 Å². The molecule has 1 amide bonds. The third-order valence-electron chi connectivity index (χ3n) is 7.92. The molecule has 0 bridgehead atoms. The zero-order valence-electron chi connectivity index (χ0n) is 19.5. The second kappa shape index (κ2) is 9.09. The lowest BCUT2D eigenvalue weighted by molar-refractivity contribution is -0.137. The highest BCUT2D eigenvalue weighted by Crippen LogP contribution is 2.59. The molecule has 1 aromatic heterocycles. The first-order chi connectivity index (χ1) is 16.6. The van der Waals surface area contributed by atoms with Crippen molar-refractivity contribution in [1.29, 1.82) is 0 Å². The van der Waals surface area contributed by atoms with Crippen molar-refractivity contribution < 1.29 is 23.1 Å². The third-order valence-corrected chi connectivity index (χ3v) is 7.92. The van der Waals surface area contributed by atoms with Crippen molar-refractivity contribution >= 4 is 11.7 Å². The summed E-state index contributed by atoms with van der Waals surface area (Å²) in [4.78, 5) is 19.0. The van der Waals surface area contributed by atoms with E-state index in [1.165, 1.54) is 0 Å². The highest BCUT2D eigenvalue weighted by molar-refractivity contribution is 5.99. The van der Waals surface area contributed by atoms with Crippen LogP contribution in [0.2, 0.25) is 0 Å². The van der Waals surface area contributed by atoms with Gasteiger partial charge in [-0.1, -0.05) is 24.3 Å². The molecule has 1 aliphatic heterocycles. The Kier molecular flexibility index (Phi) is 6.25. The number of piperidine rings is 1. The fraction of sp³-hybridized carbons (Fsp3) is 0.538. The Hall–Kier alpha value is -2.65. The SMILES string of the molecule is Nc1ncc(-c2ccc([C@]34C[C@H]3CN(CCC(F)(F)F)C4)cc2)cc1C(=O)N[C@H]1CC[C@H](O)CC1. The number of hydrogen-bond acceptors (Lipinski definition) is 5. The Labute approximate surface area is 202 Å². The number of anilines is 1. The predicted octanol–water partition coefficient (Wildman–Crippen LogP) is 3.89. The first kappa shape index (κ1) is 24.1. The van der Waals surface area contributed by atoms with Gasteiger partial charge in [-0.05, 0) is 55.2 Å². The number of alkyl halides is 3. The fourth-order valence-electron chi connectivity index (χ4n) is 5.78. The molecule has 0 unspecified atom stereocenters.